The van der Waals surface area contributed by atoms with Crippen LogP contribution in [-0.2, 0) is 0 Å². The van der Waals surface area contributed by atoms with Crippen LogP contribution in [0.5, 0.6) is 0 Å². The van der Waals surface area contributed by atoms with Crippen molar-refractivity contribution in [3.8, 4) is 0 Å². The van der Waals surface area contributed by atoms with Gasteiger partial charge in [-0.2, -0.15) is 0 Å². The number of piperazine rings is 1. The predicted octanol–water partition coefficient (Wildman–Crippen LogP) is 3.76. The highest BCUT2D eigenvalue weighted by Gasteiger charge is 2.21. The van der Waals surface area contributed by atoms with Gasteiger partial charge in [0, 0.05) is 38.1 Å². The summed E-state index contributed by atoms with van der Waals surface area (Å²) in [6, 6.07) is 7.08. The van der Waals surface area contributed by atoms with E-state index in [0.717, 1.165) is 49.7 Å². The van der Waals surface area contributed by atoms with Crippen LogP contribution in [0.1, 0.15) is 19.8 Å². The normalized spacial score (nSPS) is 18.2. The smallest absolute Gasteiger partial charge is 0.146 e. The van der Waals surface area contributed by atoms with E-state index in [-0.39, 0.29) is 5.82 Å². The maximum atomic E-state index is 13.8. The van der Waals surface area contributed by atoms with E-state index in [1.54, 1.807) is 12.1 Å². The molecular weight excluding hydrogens is 319 g/mol. The van der Waals surface area contributed by atoms with Crippen molar-refractivity contribution in [3.63, 3.8) is 0 Å². The molecule has 20 heavy (non-hydrogen) atoms. The van der Waals surface area contributed by atoms with Gasteiger partial charge in [0.05, 0.1) is 5.69 Å². The summed E-state index contributed by atoms with van der Waals surface area (Å²) in [6.45, 7) is 7.29. The van der Waals surface area contributed by atoms with E-state index >= 15 is 0 Å². The molecule has 1 aliphatic rings. The molecule has 1 atom stereocenters. The van der Waals surface area contributed by atoms with E-state index in [4.69, 9.17) is 0 Å². The van der Waals surface area contributed by atoms with Gasteiger partial charge in [0.2, 0.25) is 0 Å². The molecule has 1 fully saturated rings. The molecule has 1 aromatic rings. The number of rotatable bonds is 6. The van der Waals surface area contributed by atoms with Crippen molar-refractivity contribution in [1.82, 2.24) is 4.90 Å². The minimum absolute atomic E-state index is 0.106. The Morgan fingerprint density at radius 1 is 1.20 bits per heavy atom. The molecule has 0 aliphatic carbocycles. The van der Waals surface area contributed by atoms with Gasteiger partial charge in [-0.05, 0) is 24.5 Å². The van der Waals surface area contributed by atoms with Gasteiger partial charge in [0.1, 0.15) is 5.82 Å². The number of para-hydroxylation sites is 1. The first-order valence-corrected chi connectivity index (χ1v) is 8.64. The second-order valence-corrected chi connectivity index (χ2v) is 6.20. The van der Waals surface area contributed by atoms with E-state index in [1.807, 2.05) is 12.1 Å². The molecule has 0 aromatic heterocycles. The van der Waals surface area contributed by atoms with Gasteiger partial charge in [-0.3, -0.25) is 4.90 Å². The number of nitrogens with zero attached hydrogens (tertiary/aromatic N) is 2. The van der Waals surface area contributed by atoms with Crippen molar-refractivity contribution >= 4 is 21.6 Å². The average molecular weight is 343 g/mol. The zero-order valence-electron chi connectivity index (χ0n) is 12.2. The number of benzene rings is 1. The third kappa shape index (κ3) is 4.19. The van der Waals surface area contributed by atoms with E-state index in [1.165, 1.54) is 12.8 Å². The Hall–Kier alpha value is -0.610. The van der Waals surface area contributed by atoms with Crippen molar-refractivity contribution < 1.29 is 4.39 Å². The molecule has 4 heteroatoms. The van der Waals surface area contributed by atoms with Crippen molar-refractivity contribution in [2.24, 2.45) is 5.92 Å². The summed E-state index contributed by atoms with van der Waals surface area (Å²) in [7, 11) is 0. The van der Waals surface area contributed by atoms with Gasteiger partial charge in [-0.15, -0.1) is 0 Å². The van der Waals surface area contributed by atoms with Crippen molar-refractivity contribution in [2.45, 2.75) is 19.8 Å². The first kappa shape index (κ1) is 15.8. The summed E-state index contributed by atoms with van der Waals surface area (Å²) in [6.07, 6.45) is 2.52. The molecule has 0 saturated carbocycles. The zero-order chi connectivity index (χ0) is 14.4. The second kappa shape index (κ2) is 7.99. The van der Waals surface area contributed by atoms with Crippen molar-refractivity contribution in [2.75, 3.05) is 43.0 Å². The van der Waals surface area contributed by atoms with Crippen LogP contribution in [-0.4, -0.2) is 43.0 Å². The Balaban J connectivity index is 1.85. The minimum atomic E-state index is -0.106. The minimum Gasteiger partial charge on any atom is -0.367 e. The molecule has 1 heterocycles. The summed E-state index contributed by atoms with van der Waals surface area (Å²) >= 11 is 3.62. The molecule has 0 spiro atoms. The topological polar surface area (TPSA) is 6.48 Å². The summed E-state index contributed by atoms with van der Waals surface area (Å²) in [5.74, 6) is 0.630. The fourth-order valence-corrected chi connectivity index (χ4v) is 3.40. The number of halogens is 2. The maximum Gasteiger partial charge on any atom is 0.146 e. The first-order chi connectivity index (χ1) is 9.74. The highest BCUT2D eigenvalue weighted by atomic mass is 79.9. The summed E-state index contributed by atoms with van der Waals surface area (Å²) in [4.78, 5) is 4.67. The molecule has 0 bridgehead atoms. The third-order valence-electron chi connectivity index (χ3n) is 4.00. The molecule has 0 N–H and O–H groups in total. The first-order valence-electron chi connectivity index (χ1n) is 7.52. The van der Waals surface area contributed by atoms with Crippen LogP contribution in [0.2, 0.25) is 0 Å². The standard InChI is InChI=1S/C16H24BrFN2/c1-2-5-14(12-17)13-19-8-10-20(11-9-19)16-7-4-3-6-15(16)18/h3-4,6-7,14H,2,5,8-13H2,1H3. The van der Waals surface area contributed by atoms with Crippen LogP contribution < -0.4 is 4.90 Å². The van der Waals surface area contributed by atoms with Gasteiger partial charge < -0.3 is 4.90 Å². The summed E-state index contributed by atoms with van der Waals surface area (Å²) in [5, 5.41) is 1.08. The molecule has 112 valence electrons. The number of alkyl halides is 1. The highest BCUT2D eigenvalue weighted by Crippen LogP contribution is 2.21. The summed E-state index contributed by atoms with van der Waals surface area (Å²) < 4.78 is 13.8. The lowest BCUT2D eigenvalue weighted by Crippen LogP contribution is -2.48. The largest absolute Gasteiger partial charge is 0.367 e. The molecular formula is C16H24BrFN2. The maximum absolute atomic E-state index is 13.8. The second-order valence-electron chi connectivity index (χ2n) is 5.55. The Morgan fingerprint density at radius 3 is 2.50 bits per heavy atom. The SMILES string of the molecule is CCCC(CBr)CN1CCN(c2ccccc2F)CC1. The van der Waals surface area contributed by atoms with Gasteiger partial charge in [-0.25, -0.2) is 4.39 Å². The Bertz CT molecular complexity index is 405. The fourth-order valence-electron chi connectivity index (χ4n) is 2.87. The number of hydrogen-bond donors (Lipinski definition) is 0. The molecule has 1 aromatic carbocycles. The molecule has 1 saturated heterocycles. The third-order valence-corrected chi connectivity index (χ3v) is 4.91. The van der Waals surface area contributed by atoms with Crippen LogP contribution >= 0.6 is 15.9 Å². The monoisotopic (exact) mass is 342 g/mol. The van der Waals surface area contributed by atoms with Gasteiger partial charge in [0.25, 0.3) is 0 Å². The van der Waals surface area contributed by atoms with E-state index in [0.29, 0.717) is 0 Å². The van der Waals surface area contributed by atoms with Crippen LogP contribution in [0, 0.1) is 11.7 Å². The summed E-state index contributed by atoms with van der Waals surface area (Å²) in [5.41, 5.74) is 0.748. The van der Waals surface area contributed by atoms with Gasteiger partial charge in [0.15, 0.2) is 0 Å². The van der Waals surface area contributed by atoms with Crippen molar-refractivity contribution in [3.05, 3.63) is 30.1 Å². The number of hydrogen-bond acceptors (Lipinski definition) is 2. The van der Waals surface area contributed by atoms with E-state index in [2.05, 4.69) is 32.7 Å². The Labute approximate surface area is 130 Å². The Kier molecular flexibility index (Phi) is 6.30. The van der Waals surface area contributed by atoms with Crippen LogP contribution in [0.4, 0.5) is 10.1 Å². The lowest BCUT2D eigenvalue weighted by atomic mass is 10.1. The quantitative estimate of drug-likeness (QED) is 0.726. The highest BCUT2D eigenvalue weighted by molar-refractivity contribution is 9.09. The van der Waals surface area contributed by atoms with Crippen LogP contribution in [0.3, 0.4) is 0 Å². The molecule has 2 rings (SSSR count). The molecule has 2 nitrogen and oxygen atoms in total. The van der Waals surface area contributed by atoms with E-state index in [9.17, 15) is 4.39 Å². The average Bonchev–Trinajstić information content (AvgIpc) is 2.48. The molecule has 0 radical (unpaired) electrons. The van der Waals surface area contributed by atoms with Crippen LogP contribution in [0.25, 0.3) is 0 Å². The van der Waals surface area contributed by atoms with Gasteiger partial charge in [-0.1, -0.05) is 41.4 Å². The Morgan fingerprint density at radius 2 is 1.90 bits per heavy atom. The van der Waals surface area contributed by atoms with Crippen LogP contribution in [0.15, 0.2) is 24.3 Å². The lowest BCUT2D eigenvalue weighted by Gasteiger charge is -2.37. The molecule has 0 amide bonds. The zero-order valence-corrected chi connectivity index (χ0v) is 13.8. The molecule has 1 aliphatic heterocycles. The van der Waals surface area contributed by atoms with Crippen molar-refractivity contribution in [1.29, 1.82) is 0 Å². The predicted molar refractivity (Wildman–Crippen MR) is 87.2 cm³/mol. The fraction of sp³-hybridized carbons (Fsp3) is 0.625. The number of anilines is 1. The molecule has 1 unspecified atom stereocenters. The lowest BCUT2D eigenvalue weighted by molar-refractivity contribution is 0.221. The van der Waals surface area contributed by atoms with E-state index < -0.39 is 0 Å². The van der Waals surface area contributed by atoms with Gasteiger partial charge >= 0.3 is 0 Å².